The van der Waals surface area contributed by atoms with Gasteiger partial charge < -0.3 is 9.64 Å². The fourth-order valence-corrected chi connectivity index (χ4v) is 3.59. The first kappa shape index (κ1) is 17.3. The fourth-order valence-electron chi connectivity index (χ4n) is 2.52. The summed E-state index contributed by atoms with van der Waals surface area (Å²) in [5.41, 5.74) is 3.27. The van der Waals surface area contributed by atoms with Crippen LogP contribution in [-0.4, -0.2) is 62.2 Å². The summed E-state index contributed by atoms with van der Waals surface area (Å²) in [4.78, 5) is 6.32. The molecule has 2 rings (SSSR count). The number of aromatic nitrogens is 1. The molecule has 0 saturated heterocycles. The Hall–Kier alpha value is -1.02. The minimum Gasteiger partial charge on any atom is -0.375 e. The molecule has 1 aromatic rings. The Labute approximate surface area is 133 Å². The van der Waals surface area contributed by atoms with Crippen molar-refractivity contribution >= 4 is 10.0 Å². The molecule has 0 fully saturated rings. The second kappa shape index (κ2) is 7.50. The van der Waals surface area contributed by atoms with Crippen LogP contribution in [0.5, 0.6) is 0 Å². The van der Waals surface area contributed by atoms with E-state index in [0.717, 1.165) is 24.1 Å². The van der Waals surface area contributed by atoms with E-state index in [9.17, 15) is 8.42 Å². The highest BCUT2D eigenvalue weighted by molar-refractivity contribution is 7.89. The first-order chi connectivity index (χ1) is 10.4. The first-order valence-electron chi connectivity index (χ1n) is 7.59. The van der Waals surface area contributed by atoms with Gasteiger partial charge in [-0.15, -0.1) is 0 Å². The molecule has 0 saturated carbocycles. The smallest absolute Gasteiger partial charge is 0.214 e. The number of likely N-dealkylation sites (N-methyl/N-ethyl adjacent to an activating group) is 1. The number of rotatable bonds is 7. The van der Waals surface area contributed by atoms with Crippen LogP contribution >= 0.6 is 0 Å². The molecule has 0 spiro atoms. The zero-order valence-corrected chi connectivity index (χ0v) is 14.4. The molecule has 0 aliphatic carbocycles. The van der Waals surface area contributed by atoms with Gasteiger partial charge in [0.05, 0.1) is 19.0 Å². The van der Waals surface area contributed by atoms with E-state index in [4.69, 9.17) is 4.74 Å². The highest BCUT2D eigenvalue weighted by atomic mass is 32.2. The number of pyridine rings is 1. The quantitative estimate of drug-likeness (QED) is 0.695. The Bertz CT molecular complexity index is 602. The summed E-state index contributed by atoms with van der Waals surface area (Å²) < 4.78 is 31.2. The van der Waals surface area contributed by atoms with Crippen LogP contribution in [0.15, 0.2) is 12.4 Å². The Morgan fingerprint density at radius 1 is 1.36 bits per heavy atom. The summed E-state index contributed by atoms with van der Waals surface area (Å²) in [5, 5.41) is 0. The second-order valence-corrected chi connectivity index (χ2v) is 8.03. The van der Waals surface area contributed by atoms with Crippen LogP contribution in [0.25, 0.3) is 0 Å². The van der Waals surface area contributed by atoms with E-state index in [1.807, 2.05) is 20.3 Å². The molecule has 6 nitrogen and oxygen atoms in total. The molecule has 0 unspecified atom stereocenters. The van der Waals surface area contributed by atoms with Crippen molar-refractivity contribution in [2.45, 2.75) is 26.5 Å². The molecule has 22 heavy (non-hydrogen) atoms. The maximum atomic E-state index is 12.0. The predicted octanol–water partition coefficient (Wildman–Crippen LogP) is 0.868. The van der Waals surface area contributed by atoms with Crippen molar-refractivity contribution in [3.63, 3.8) is 0 Å². The standard InChI is InChI=1S/C15H25N3O3S/c1-4-22(19,20)18-6-5-15-13(11-18)9-16-10-14(15)12-21-8-7-17(2)3/h9-10H,4-8,11-12H2,1-3H3. The molecule has 0 atom stereocenters. The predicted molar refractivity (Wildman–Crippen MR) is 86.0 cm³/mol. The largest absolute Gasteiger partial charge is 0.375 e. The average Bonchev–Trinajstić information content (AvgIpc) is 2.50. The molecular weight excluding hydrogens is 302 g/mol. The lowest BCUT2D eigenvalue weighted by molar-refractivity contribution is 0.104. The van der Waals surface area contributed by atoms with Crippen LogP contribution in [0.2, 0.25) is 0 Å². The highest BCUT2D eigenvalue weighted by Gasteiger charge is 2.26. The molecule has 0 bridgehead atoms. The Balaban J connectivity index is 2.04. The van der Waals surface area contributed by atoms with E-state index < -0.39 is 10.0 Å². The summed E-state index contributed by atoms with van der Waals surface area (Å²) >= 11 is 0. The number of ether oxygens (including phenoxy) is 1. The van der Waals surface area contributed by atoms with E-state index in [2.05, 4.69) is 9.88 Å². The van der Waals surface area contributed by atoms with Gasteiger partial charge >= 0.3 is 0 Å². The van der Waals surface area contributed by atoms with Crippen molar-refractivity contribution in [1.82, 2.24) is 14.2 Å². The van der Waals surface area contributed by atoms with E-state index in [0.29, 0.717) is 26.3 Å². The van der Waals surface area contributed by atoms with Gasteiger partial charge in [0.2, 0.25) is 10.0 Å². The Morgan fingerprint density at radius 3 is 2.82 bits per heavy atom. The van der Waals surface area contributed by atoms with Crippen LogP contribution < -0.4 is 0 Å². The van der Waals surface area contributed by atoms with E-state index in [1.54, 1.807) is 17.4 Å². The van der Waals surface area contributed by atoms with Crippen LogP contribution in [-0.2, 0) is 34.3 Å². The minimum atomic E-state index is -3.14. The summed E-state index contributed by atoms with van der Waals surface area (Å²) in [6, 6.07) is 0. The molecule has 7 heteroatoms. The summed E-state index contributed by atoms with van der Waals surface area (Å²) in [6.45, 7) is 4.72. The first-order valence-corrected chi connectivity index (χ1v) is 9.20. The summed E-state index contributed by atoms with van der Waals surface area (Å²) in [7, 11) is 0.885. The fraction of sp³-hybridized carbons (Fsp3) is 0.667. The van der Waals surface area contributed by atoms with E-state index in [-0.39, 0.29) is 5.75 Å². The van der Waals surface area contributed by atoms with Crippen molar-refractivity contribution in [3.8, 4) is 0 Å². The number of hydrogen-bond acceptors (Lipinski definition) is 5. The second-order valence-electron chi connectivity index (χ2n) is 5.78. The van der Waals surface area contributed by atoms with Crippen LogP contribution in [0.1, 0.15) is 23.6 Å². The van der Waals surface area contributed by atoms with Crippen LogP contribution in [0, 0.1) is 0 Å². The molecule has 124 valence electrons. The van der Waals surface area contributed by atoms with Gasteiger partial charge in [-0.25, -0.2) is 8.42 Å². The lowest BCUT2D eigenvalue weighted by Crippen LogP contribution is -2.37. The minimum absolute atomic E-state index is 0.142. The third-order valence-corrected chi connectivity index (χ3v) is 5.72. The molecule has 1 aromatic heterocycles. The van der Waals surface area contributed by atoms with Gasteiger partial charge in [-0.1, -0.05) is 0 Å². The van der Waals surface area contributed by atoms with Gasteiger partial charge in [0.25, 0.3) is 0 Å². The Morgan fingerprint density at radius 2 is 2.14 bits per heavy atom. The summed E-state index contributed by atoms with van der Waals surface area (Å²) in [5.74, 6) is 0.142. The molecule has 1 aliphatic rings. The summed E-state index contributed by atoms with van der Waals surface area (Å²) in [6.07, 6.45) is 4.33. The highest BCUT2D eigenvalue weighted by Crippen LogP contribution is 2.24. The topological polar surface area (TPSA) is 62.7 Å². The third kappa shape index (κ3) is 4.25. The van der Waals surface area contributed by atoms with Crippen LogP contribution in [0.3, 0.4) is 0 Å². The normalized spacial score (nSPS) is 16.0. The van der Waals surface area contributed by atoms with Gasteiger partial charge in [0.1, 0.15) is 0 Å². The van der Waals surface area contributed by atoms with E-state index >= 15 is 0 Å². The van der Waals surface area contributed by atoms with Gasteiger partial charge in [-0.05, 0) is 44.1 Å². The monoisotopic (exact) mass is 327 g/mol. The number of sulfonamides is 1. The maximum Gasteiger partial charge on any atom is 0.214 e. The molecular formula is C15H25N3O3S. The number of fused-ring (bicyclic) bond motifs is 1. The molecule has 0 aromatic carbocycles. The molecule has 2 heterocycles. The lowest BCUT2D eigenvalue weighted by Gasteiger charge is -2.28. The SMILES string of the molecule is CCS(=O)(=O)N1CCc2c(COCCN(C)C)cncc2C1. The number of nitrogens with zero attached hydrogens (tertiary/aromatic N) is 3. The van der Waals surface area contributed by atoms with Gasteiger partial charge in [0, 0.05) is 32.0 Å². The molecule has 1 aliphatic heterocycles. The van der Waals surface area contributed by atoms with Crippen molar-refractivity contribution < 1.29 is 13.2 Å². The van der Waals surface area contributed by atoms with Gasteiger partial charge in [-0.3, -0.25) is 4.98 Å². The van der Waals surface area contributed by atoms with Crippen molar-refractivity contribution in [3.05, 3.63) is 29.1 Å². The maximum absolute atomic E-state index is 12.0. The Kier molecular flexibility index (Phi) is 5.91. The van der Waals surface area contributed by atoms with E-state index in [1.165, 1.54) is 5.56 Å². The lowest BCUT2D eigenvalue weighted by atomic mass is 9.99. The van der Waals surface area contributed by atoms with Gasteiger partial charge in [-0.2, -0.15) is 4.31 Å². The van der Waals surface area contributed by atoms with Crippen molar-refractivity contribution in [1.29, 1.82) is 0 Å². The zero-order chi connectivity index (χ0) is 16.2. The van der Waals surface area contributed by atoms with Crippen molar-refractivity contribution in [2.24, 2.45) is 0 Å². The molecule has 0 amide bonds. The molecule has 0 radical (unpaired) electrons. The third-order valence-electron chi connectivity index (χ3n) is 3.89. The average molecular weight is 327 g/mol. The van der Waals surface area contributed by atoms with Crippen molar-refractivity contribution in [2.75, 3.05) is 39.5 Å². The van der Waals surface area contributed by atoms with Gasteiger partial charge in [0.15, 0.2) is 0 Å². The zero-order valence-electron chi connectivity index (χ0n) is 13.6. The van der Waals surface area contributed by atoms with Crippen LogP contribution in [0.4, 0.5) is 0 Å². The molecule has 0 N–H and O–H groups in total. The number of hydrogen-bond donors (Lipinski definition) is 0.